The first kappa shape index (κ1) is 15.1. The van der Waals surface area contributed by atoms with Gasteiger partial charge < -0.3 is 10.8 Å². The largest absolute Gasteiger partial charge is 0.392 e. The summed E-state index contributed by atoms with van der Waals surface area (Å²) in [7, 11) is 0. The molecule has 0 saturated carbocycles. The van der Waals surface area contributed by atoms with Crippen molar-refractivity contribution in [2.75, 3.05) is 6.54 Å². The van der Waals surface area contributed by atoms with Gasteiger partial charge in [-0.3, -0.25) is 4.98 Å². The number of pyridine rings is 1. The number of hydrogen-bond donors (Lipinski definition) is 2. The van der Waals surface area contributed by atoms with E-state index < -0.39 is 0 Å². The van der Waals surface area contributed by atoms with E-state index in [1.807, 2.05) is 12.1 Å². The first-order valence-electron chi connectivity index (χ1n) is 7.07. The molecular weight excluding hydrogens is 224 g/mol. The Hall–Kier alpha value is -0.930. The number of nitrogens with two attached hydrogens (primary N) is 1. The van der Waals surface area contributed by atoms with E-state index >= 15 is 0 Å². The highest BCUT2D eigenvalue weighted by Crippen LogP contribution is 2.21. The summed E-state index contributed by atoms with van der Waals surface area (Å²) in [4.78, 5) is 4.09. The molecule has 1 aromatic heterocycles. The van der Waals surface area contributed by atoms with Crippen LogP contribution < -0.4 is 5.73 Å². The number of aliphatic hydroxyl groups excluding tert-OH is 1. The third-order valence-electron chi connectivity index (χ3n) is 3.43. The summed E-state index contributed by atoms with van der Waals surface area (Å²) in [5.41, 5.74) is 6.81. The van der Waals surface area contributed by atoms with E-state index in [9.17, 15) is 5.11 Å². The van der Waals surface area contributed by atoms with Crippen LogP contribution in [0.5, 0.6) is 0 Å². The fraction of sp³-hybridized carbons (Fsp3) is 0.667. The van der Waals surface area contributed by atoms with Gasteiger partial charge in [0.2, 0.25) is 0 Å². The van der Waals surface area contributed by atoms with Gasteiger partial charge >= 0.3 is 0 Å². The Morgan fingerprint density at radius 2 is 2.06 bits per heavy atom. The molecule has 18 heavy (non-hydrogen) atoms. The summed E-state index contributed by atoms with van der Waals surface area (Å²) in [6.07, 6.45) is 10.1. The zero-order valence-corrected chi connectivity index (χ0v) is 11.4. The fourth-order valence-electron chi connectivity index (χ4n) is 2.27. The highest BCUT2D eigenvalue weighted by Gasteiger charge is 2.19. The van der Waals surface area contributed by atoms with Crippen LogP contribution in [0.4, 0.5) is 0 Å². The van der Waals surface area contributed by atoms with E-state index in [2.05, 4.69) is 11.9 Å². The fourth-order valence-corrected chi connectivity index (χ4v) is 2.27. The molecule has 0 saturated heterocycles. The van der Waals surface area contributed by atoms with Crippen LogP contribution in [0.3, 0.4) is 0 Å². The monoisotopic (exact) mass is 250 g/mol. The van der Waals surface area contributed by atoms with E-state index in [1.54, 1.807) is 12.4 Å². The Morgan fingerprint density at radius 3 is 2.67 bits per heavy atom. The highest BCUT2D eigenvalue weighted by molar-refractivity contribution is 5.16. The summed E-state index contributed by atoms with van der Waals surface area (Å²) in [6, 6.07) is 3.89. The third-order valence-corrected chi connectivity index (χ3v) is 3.43. The number of nitrogens with zero attached hydrogens (tertiary/aromatic N) is 1. The van der Waals surface area contributed by atoms with Crippen molar-refractivity contribution in [3.05, 3.63) is 30.1 Å². The van der Waals surface area contributed by atoms with Crippen molar-refractivity contribution in [1.29, 1.82) is 0 Å². The van der Waals surface area contributed by atoms with Crippen LogP contribution in [-0.4, -0.2) is 22.7 Å². The van der Waals surface area contributed by atoms with Gasteiger partial charge in [0.1, 0.15) is 0 Å². The summed E-state index contributed by atoms with van der Waals surface area (Å²) >= 11 is 0. The SMILES string of the molecule is CCCCCCCC(O)C(CN)c1cccnc1. The van der Waals surface area contributed by atoms with Crippen molar-refractivity contribution in [2.45, 2.75) is 57.5 Å². The van der Waals surface area contributed by atoms with Gasteiger partial charge in [0.05, 0.1) is 6.10 Å². The lowest BCUT2D eigenvalue weighted by atomic mass is 9.91. The second-order valence-corrected chi connectivity index (χ2v) is 4.90. The summed E-state index contributed by atoms with van der Waals surface area (Å²) < 4.78 is 0. The topological polar surface area (TPSA) is 59.1 Å². The van der Waals surface area contributed by atoms with Gasteiger partial charge in [0.15, 0.2) is 0 Å². The number of aliphatic hydroxyl groups is 1. The molecule has 1 heterocycles. The van der Waals surface area contributed by atoms with Crippen molar-refractivity contribution < 1.29 is 5.11 Å². The molecule has 0 fully saturated rings. The second-order valence-electron chi connectivity index (χ2n) is 4.90. The minimum Gasteiger partial charge on any atom is -0.392 e. The Bertz CT molecular complexity index is 303. The van der Waals surface area contributed by atoms with Crippen molar-refractivity contribution in [1.82, 2.24) is 4.98 Å². The molecule has 0 spiro atoms. The van der Waals surface area contributed by atoms with E-state index in [0.29, 0.717) is 6.54 Å². The molecule has 0 aromatic carbocycles. The average molecular weight is 250 g/mol. The maximum absolute atomic E-state index is 10.2. The average Bonchev–Trinajstić information content (AvgIpc) is 2.40. The zero-order valence-electron chi connectivity index (χ0n) is 11.4. The summed E-state index contributed by atoms with van der Waals surface area (Å²) in [5.74, 6) is 0.0184. The molecule has 0 amide bonds. The Balaban J connectivity index is 2.36. The van der Waals surface area contributed by atoms with E-state index in [-0.39, 0.29) is 12.0 Å². The van der Waals surface area contributed by atoms with Gasteiger partial charge in [-0.05, 0) is 18.1 Å². The second kappa shape index (κ2) is 9.06. The summed E-state index contributed by atoms with van der Waals surface area (Å²) in [5, 5.41) is 10.2. The molecule has 1 rings (SSSR count). The molecule has 0 bridgehead atoms. The molecule has 0 aliphatic carbocycles. The van der Waals surface area contributed by atoms with Gasteiger partial charge in [-0.25, -0.2) is 0 Å². The van der Waals surface area contributed by atoms with Crippen molar-refractivity contribution >= 4 is 0 Å². The van der Waals surface area contributed by atoms with Crippen LogP contribution >= 0.6 is 0 Å². The van der Waals surface area contributed by atoms with Crippen LogP contribution in [0.2, 0.25) is 0 Å². The maximum Gasteiger partial charge on any atom is 0.0621 e. The van der Waals surface area contributed by atoms with Crippen molar-refractivity contribution in [2.24, 2.45) is 5.73 Å². The number of hydrogen-bond acceptors (Lipinski definition) is 3. The minimum atomic E-state index is -0.346. The first-order valence-corrected chi connectivity index (χ1v) is 7.07. The van der Waals surface area contributed by atoms with Crippen LogP contribution in [-0.2, 0) is 0 Å². The van der Waals surface area contributed by atoms with Crippen molar-refractivity contribution in [3.8, 4) is 0 Å². The van der Waals surface area contributed by atoms with Gasteiger partial charge in [-0.15, -0.1) is 0 Å². The lowest BCUT2D eigenvalue weighted by molar-refractivity contribution is 0.132. The Labute approximate surface area is 110 Å². The highest BCUT2D eigenvalue weighted by atomic mass is 16.3. The number of rotatable bonds is 9. The van der Waals surface area contributed by atoms with Crippen LogP contribution in [0.25, 0.3) is 0 Å². The van der Waals surface area contributed by atoms with Gasteiger partial charge in [0.25, 0.3) is 0 Å². The maximum atomic E-state index is 10.2. The molecular formula is C15H26N2O. The normalized spacial score (nSPS) is 14.4. The smallest absolute Gasteiger partial charge is 0.0621 e. The molecule has 3 nitrogen and oxygen atoms in total. The molecule has 0 radical (unpaired) electrons. The minimum absolute atomic E-state index is 0.0184. The number of unbranched alkanes of at least 4 members (excludes halogenated alkanes) is 4. The predicted octanol–water partition coefficient (Wildman–Crippen LogP) is 2.85. The van der Waals surface area contributed by atoms with E-state index in [0.717, 1.165) is 18.4 Å². The van der Waals surface area contributed by atoms with Crippen LogP contribution in [0, 0.1) is 0 Å². The van der Waals surface area contributed by atoms with Gasteiger partial charge in [0, 0.05) is 24.9 Å². The molecule has 0 aliphatic rings. The molecule has 0 aliphatic heterocycles. The summed E-state index contributed by atoms with van der Waals surface area (Å²) in [6.45, 7) is 2.68. The molecule has 3 N–H and O–H groups in total. The quantitative estimate of drug-likeness (QED) is 0.663. The lowest BCUT2D eigenvalue weighted by Gasteiger charge is -2.21. The Morgan fingerprint density at radius 1 is 1.28 bits per heavy atom. The van der Waals surface area contributed by atoms with Gasteiger partial charge in [-0.1, -0.05) is 45.1 Å². The van der Waals surface area contributed by atoms with Gasteiger partial charge in [-0.2, -0.15) is 0 Å². The van der Waals surface area contributed by atoms with E-state index in [4.69, 9.17) is 5.73 Å². The molecule has 102 valence electrons. The molecule has 2 atom stereocenters. The lowest BCUT2D eigenvalue weighted by Crippen LogP contribution is -2.26. The van der Waals surface area contributed by atoms with Crippen LogP contribution in [0.15, 0.2) is 24.5 Å². The standard InChI is InChI=1S/C15H26N2O/c1-2-3-4-5-6-9-15(18)14(11-16)13-8-7-10-17-12-13/h7-8,10,12,14-15,18H,2-6,9,11,16H2,1H3. The van der Waals surface area contributed by atoms with E-state index in [1.165, 1.54) is 25.7 Å². The number of aromatic nitrogens is 1. The van der Waals surface area contributed by atoms with Crippen molar-refractivity contribution in [3.63, 3.8) is 0 Å². The molecule has 3 heteroatoms. The zero-order chi connectivity index (χ0) is 13.2. The predicted molar refractivity (Wildman–Crippen MR) is 75.4 cm³/mol. The third kappa shape index (κ3) is 5.15. The van der Waals surface area contributed by atoms with Crippen LogP contribution in [0.1, 0.15) is 56.9 Å². The molecule has 1 aromatic rings. The molecule has 2 unspecified atom stereocenters. The first-order chi connectivity index (χ1) is 8.79. The Kier molecular flexibility index (Phi) is 7.62.